The summed E-state index contributed by atoms with van der Waals surface area (Å²) >= 11 is 0. The minimum Gasteiger partial charge on any atom is -0.451 e. The Morgan fingerprint density at radius 2 is 0.886 bits per heavy atom. The molecule has 3 amide bonds. The highest BCUT2D eigenvalue weighted by Gasteiger charge is 2.38. The normalized spacial score (nSPS) is 26.8. The Balaban J connectivity index is 3.49. The zero-order chi connectivity index (χ0) is 33.4. The molecule has 0 bridgehead atoms. The van der Waals surface area contributed by atoms with Crippen LogP contribution < -0.4 is 5.32 Å². The first kappa shape index (κ1) is 38.8. The number of rotatable bonds is 12. The van der Waals surface area contributed by atoms with Crippen LogP contribution in [0.1, 0.15) is 119 Å². The number of hydrogen-bond donors (Lipinski definition) is 1. The van der Waals surface area contributed by atoms with Gasteiger partial charge in [-0.2, -0.15) is 0 Å². The van der Waals surface area contributed by atoms with E-state index in [9.17, 15) is 28.8 Å². The van der Waals surface area contributed by atoms with Gasteiger partial charge in [0.2, 0.25) is 0 Å². The molecule has 1 saturated heterocycles. The summed E-state index contributed by atoms with van der Waals surface area (Å²) in [6.45, 7) is 10.4. The van der Waals surface area contributed by atoms with Gasteiger partial charge in [0.15, 0.2) is 18.3 Å². The molecule has 0 saturated carbocycles. The van der Waals surface area contributed by atoms with E-state index >= 15 is 0 Å². The smallest absolute Gasteiger partial charge is 0.329 e. The van der Waals surface area contributed by atoms with Gasteiger partial charge in [0.25, 0.3) is 17.7 Å². The molecule has 0 radical (unpaired) electrons. The lowest BCUT2D eigenvalue weighted by Gasteiger charge is -2.32. The number of nitrogens with zero attached hydrogens (tertiary/aromatic N) is 2. The number of likely N-dealkylation sites (N-methyl/N-ethyl adjacent to an activating group) is 2. The van der Waals surface area contributed by atoms with Gasteiger partial charge in [-0.1, -0.05) is 59.3 Å². The van der Waals surface area contributed by atoms with Crippen LogP contribution in [0.5, 0.6) is 0 Å². The number of hydrogen-bond acceptors (Lipinski definition) is 9. The number of esters is 3. The van der Waals surface area contributed by atoms with Gasteiger partial charge in [-0.25, -0.2) is 14.4 Å². The molecule has 1 heterocycles. The molecular formula is C32H55N3O9. The number of ether oxygens (including phenoxy) is 3. The van der Waals surface area contributed by atoms with E-state index in [0.717, 1.165) is 48.3 Å². The van der Waals surface area contributed by atoms with Crippen LogP contribution in [-0.2, 0) is 43.0 Å². The zero-order valence-corrected chi connectivity index (χ0v) is 28.0. The average Bonchev–Trinajstić information content (AvgIpc) is 3.00. The SMILES string of the molecule is CCCCC[C@@H]1OC(=O)[C@@H](C)N(C)C(=O)[C@H](CCCCC)OC(=O)[C@@H](C)N(C)C(=O)[C@H](CCCCC)OC(=O)[C@@H](C)NC1=O. The molecule has 0 aromatic heterocycles. The van der Waals surface area contributed by atoms with Crippen molar-refractivity contribution in [1.29, 1.82) is 0 Å². The summed E-state index contributed by atoms with van der Waals surface area (Å²) in [6.07, 6.45) is 3.89. The van der Waals surface area contributed by atoms with Crippen LogP contribution in [0, 0.1) is 0 Å². The van der Waals surface area contributed by atoms with Crippen LogP contribution >= 0.6 is 0 Å². The van der Waals surface area contributed by atoms with Crippen LogP contribution in [0.4, 0.5) is 0 Å². The van der Waals surface area contributed by atoms with Crippen LogP contribution in [0.3, 0.4) is 0 Å². The van der Waals surface area contributed by atoms with Gasteiger partial charge in [0, 0.05) is 14.1 Å². The summed E-state index contributed by atoms with van der Waals surface area (Å²) < 4.78 is 16.9. The molecular weight excluding hydrogens is 570 g/mol. The lowest BCUT2D eigenvalue weighted by molar-refractivity contribution is -0.173. The molecule has 252 valence electrons. The van der Waals surface area contributed by atoms with E-state index in [-0.39, 0.29) is 19.3 Å². The number of carbonyl (C=O) groups is 6. The average molecular weight is 626 g/mol. The lowest BCUT2D eigenvalue weighted by atomic mass is 10.1. The van der Waals surface area contributed by atoms with E-state index in [0.29, 0.717) is 19.3 Å². The number of amides is 3. The maximum Gasteiger partial charge on any atom is 0.329 e. The van der Waals surface area contributed by atoms with Crippen molar-refractivity contribution in [1.82, 2.24) is 15.1 Å². The fourth-order valence-corrected chi connectivity index (χ4v) is 4.69. The highest BCUT2D eigenvalue weighted by atomic mass is 16.6. The third kappa shape index (κ3) is 12.1. The first-order valence-corrected chi connectivity index (χ1v) is 16.3. The molecule has 44 heavy (non-hydrogen) atoms. The Kier molecular flexibility index (Phi) is 17.6. The first-order chi connectivity index (χ1) is 20.8. The van der Waals surface area contributed by atoms with E-state index < -0.39 is 72.1 Å². The van der Waals surface area contributed by atoms with Gasteiger partial charge in [-0.3, -0.25) is 14.4 Å². The zero-order valence-electron chi connectivity index (χ0n) is 28.0. The third-order valence-corrected chi connectivity index (χ3v) is 8.08. The monoisotopic (exact) mass is 625 g/mol. The van der Waals surface area contributed by atoms with E-state index in [1.165, 1.54) is 34.9 Å². The molecule has 0 aromatic carbocycles. The number of unbranched alkanes of at least 4 members (excludes halogenated alkanes) is 6. The van der Waals surface area contributed by atoms with Crippen molar-refractivity contribution >= 4 is 35.6 Å². The van der Waals surface area contributed by atoms with Gasteiger partial charge in [0.1, 0.15) is 18.1 Å². The van der Waals surface area contributed by atoms with Crippen molar-refractivity contribution in [3.63, 3.8) is 0 Å². The van der Waals surface area contributed by atoms with Crippen molar-refractivity contribution in [3.05, 3.63) is 0 Å². The summed E-state index contributed by atoms with van der Waals surface area (Å²) in [5.41, 5.74) is 0. The molecule has 1 fully saturated rings. The molecule has 0 unspecified atom stereocenters. The first-order valence-electron chi connectivity index (χ1n) is 16.3. The predicted molar refractivity (Wildman–Crippen MR) is 164 cm³/mol. The summed E-state index contributed by atoms with van der Waals surface area (Å²) in [6, 6.07) is -3.33. The quantitative estimate of drug-likeness (QED) is 0.195. The van der Waals surface area contributed by atoms with Gasteiger partial charge in [-0.15, -0.1) is 0 Å². The van der Waals surface area contributed by atoms with Crippen molar-refractivity contribution < 1.29 is 43.0 Å². The van der Waals surface area contributed by atoms with E-state index in [4.69, 9.17) is 14.2 Å². The molecule has 0 spiro atoms. The van der Waals surface area contributed by atoms with Crippen molar-refractivity contribution in [2.75, 3.05) is 14.1 Å². The van der Waals surface area contributed by atoms with E-state index in [2.05, 4.69) is 5.32 Å². The van der Waals surface area contributed by atoms with Gasteiger partial charge in [-0.05, 0) is 59.3 Å². The standard InChI is InChI=1S/C32H55N3O9/c1-9-12-15-18-24-27(36)33-21(4)30(39)43-25(19-16-13-10-2)28(37)35(8)23(6)32(41)44-26(20-17-14-11-3)29(38)34(7)22(5)31(40)42-24/h21-26H,9-20H2,1-8H3,(H,33,36)/t21-,22-,23-,24+,25+,26+/m1/s1. The van der Waals surface area contributed by atoms with Gasteiger partial charge < -0.3 is 29.3 Å². The largest absolute Gasteiger partial charge is 0.451 e. The second-order valence-corrected chi connectivity index (χ2v) is 11.7. The molecule has 1 N–H and O–H groups in total. The second kappa shape index (κ2) is 20.0. The molecule has 0 aromatic rings. The molecule has 1 aliphatic heterocycles. The fourth-order valence-electron chi connectivity index (χ4n) is 4.69. The molecule has 0 aliphatic carbocycles. The number of cyclic esters (lactones) is 3. The molecule has 1 aliphatic rings. The van der Waals surface area contributed by atoms with Crippen LogP contribution in [-0.4, -0.2) is 96.0 Å². The van der Waals surface area contributed by atoms with E-state index in [1.54, 1.807) is 0 Å². The molecule has 12 nitrogen and oxygen atoms in total. The van der Waals surface area contributed by atoms with E-state index in [1.807, 2.05) is 20.8 Å². The van der Waals surface area contributed by atoms with Crippen molar-refractivity contribution in [2.24, 2.45) is 0 Å². The molecule has 12 heteroatoms. The predicted octanol–water partition coefficient (Wildman–Crippen LogP) is 3.67. The van der Waals surface area contributed by atoms with Gasteiger partial charge in [0.05, 0.1) is 0 Å². The summed E-state index contributed by atoms with van der Waals surface area (Å²) in [4.78, 5) is 82.1. The van der Waals surface area contributed by atoms with Crippen molar-refractivity contribution in [2.45, 2.75) is 155 Å². The Morgan fingerprint density at radius 3 is 1.27 bits per heavy atom. The summed E-state index contributed by atoms with van der Waals surface area (Å²) in [5.74, 6) is -4.28. The maximum absolute atomic E-state index is 13.5. The van der Waals surface area contributed by atoms with Crippen LogP contribution in [0.2, 0.25) is 0 Å². The highest BCUT2D eigenvalue weighted by molar-refractivity contribution is 5.93. The van der Waals surface area contributed by atoms with Crippen LogP contribution in [0.25, 0.3) is 0 Å². The third-order valence-electron chi connectivity index (χ3n) is 8.08. The van der Waals surface area contributed by atoms with Gasteiger partial charge >= 0.3 is 17.9 Å². The van der Waals surface area contributed by atoms with Crippen molar-refractivity contribution in [3.8, 4) is 0 Å². The summed E-state index contributed by atoms with van der Waals surface area (Å²) in [5, 5.41) is 2.56. The summed E-state index contributed by atoms with van der Waals surface area (Å²) in [7, 11) is 2.83. The topological polar surface area (TPSA) is 149 Å². The fraction of sp³-hybridized carbons (Fsp3) is 0.812. The minimum atomic E-state index is -1.21. The Labute approximate surface area is 262 Å². The maximum atomic E-state index is 13.5. The minimum absolute atomic E-state index is 0.218. The lowest BCUT2D eigenvalue weighted by Crippen LogP contribution is -2.53. The Morgan fingerprint density at radius 1 is 0.545 bits per heavy atom. The highest BCUT2D eigenvalue weighted by Crippen LogP contribution is 2.18. The Bertz CT molecular complexity index is 973. The number of nitrogens with one attached hydrogen (secondary N) is 1. The Hall–Kier alpha value is -3.18. The molecule has 1 rings (SSSR count). The number of carbonyl (C=O) groups excluding carboxylic acids is 6. The van der Waals surface area contributed by atoms with Crippen LogP contribution in [0.15, 0.2) is 0 Å². The second-order valence-electron chi connectivity index (χ2n) is 11.7. The molecule has 6 atom stereocenters.